The Hall–Kier alpha value is -3.48. The number of hydrogen-bond donors (Lipinski definition) is 2. The molecule has 336 valence electrons. The Morgan fingerprint density at radius 1 is 0.576 bits per heavy atom. The molecule has 0 aliphatic carbocycles. The van der Waals surface area contributed by atoms with E-state index in [0.717, 1.165) is 69.3 Å². The molecule has 0 aliphatic rings. The standard InChI is InChI=1S/C15H20O2.C13H24O2.C13H20O.C12H24O/c1-4-17-15(16)10-9-13-5-7-14(8-6-13)11-12(2)3;1-3-4-5-6-7-8-9-10-11-12-13(14)15-2;1-11(2)10-13-7-5-12(6-8-13)4-3-9-14;1-2-3-4-5-6-7-8-9-10-11-12-13/h5-10,12H,4,11H2,1-3H3;4-5H,3,6-12H2,1-2H3;5-8,11,14H,3-4,9-10H2,1-2H3;3-4,13H,2,5-12H2,1H3/b10-9+;5-4+;;4-3+. The highest BCUT2D eigenvalue weighted by Crippen LogP contribution is 2.13. The van der Waals surface area contributed by atoms with Gasteiger partial charge in [0.25, 0.3) is 0 Å². The smallest absolute Gasteiger partial charge is 0.330 e. The van der Waals surface area contributed by atoms with Gasteiger partial charge in [0.2, 0.25) is 0 Å². The second-order valence-corrected chi connectivity index (χ2v) is 15.9. The van der Waals surface area contributed by atoms with Crippen LogP contribution in [0.3, 0.4) is 0 Å². The Morgan fingerprint density at radius 3 is 1.46 bits per heavy atom. The summed E-state index contributed by atoms with van der Waals surface area (Å²) in [5, 5.41) is 17.3. The lowest BCUT2D eigenvalue weighted by Gasteiger charge is -2.06. The second kappa shape index (κ2) is 44.1. The van der Waals surface area contributed by atoms with Crippen LogP contribution in [-0.4, -0.2) is 49.1 Å². The number of unbranched alkanes of at least 4 members (excludes halogenated alkanes) is 11. The Morgan fingerprint density at radius 2 is 1.02 bits per heavy atom. The van der Waals surface area contributed by atoms with E-state index in [1.165, 1.54) is 94.1 Å². The number of methoxy groups -OCH3 is 1. The van der Waals surface area contributed by atoms with Crippen molar-refractivity contribution < 1.29 is 29.3 Å². The van der Waals surface area contributed by atoms with Gasteiger partial charge in [0, 0.05) is 25.7 Å². The normalized spacial score (nSPS) is 11.0. The highest BCUT2D eigenvalue weighted by molar-refractivity contribution is 5.87. The summed E-state index contributed by atoms with van der Waals surface area (Å²) in [5.74, 6) is 1.01. The van der Waals surface area contributed by atoms with E-state index in [1.807, 2.05) is 12.1 Å². The third-order valence-electron chi connectivity index (χ3n) is 9.18. The summed E-state index contributed by atoms with van der Waals surface area (Å²) in [4.78, 5) is 21.9. The molecule has 0 amide bonds. The van der Waals surface area contributed by atoms with Crippen LogP contribution in [0.1, 0.15) is 180 Å². The van der Waals surface area contributed by atoms with E-state index in [-0.39, 0.29) is 18.5 Å². The van der Waals surface area contributed by atoms with Crippen LogP contribution in [0.2, 0.25) is 0 Å². The molecule has 59 heavy (non-hydrogen) atoms. The van der Waals surface area contributed by atoms with Crippen molar-refractivity contribution >= 4 is 18.0 Å². The molecule has 0 atom stereocenters. The summed E-state index contributed by atoms with van der Waals surface area (Å²) in [7, 11) is 1.45. The summed E-state index contributed by atoms with van der Waals surface area (Å²) in [5.41, 5.74) is 5.08. The summed E-state index contributed by atoms with van der Waals surface area (Å²) >= 11 is 0. The van der Waals surface area contributed by atoms with Gasteiger partial charge in [-0.15, -0.1) is 0 Å². The molecule has 2 rings (SSSR count). The van der Waals surface area contributed by atoms with Crippen molar-refractivity contribution in [1.82, 2.24) is 0 Å². The number of rotatable bonds is 28. The van der Waals surface area contributed by atoms with E-state index in [0.29, 0.717) is 25.6 Å². The van der Waals surface area contributed by atoms with Crippen LogP contribution >= 0.6 is 0 Å². The third kappa shape index (κ3) is 42.5. The minimum Gasteiger partial charge on any atom is -0.469 e. The molecule has 0 unspecified atom stereocenters. The molecule has 0 heterocycles. The summed E-state index contributed by atoms with van der Waals surface area (Å²) in [6.07, 6.45) is 35.0. The molecule has 0 aromatic heterocycles. The van der Waals surface area contributed by atoms with Crippen LogP contribution in [0.4, 0.5) is 0 Å². The minimum absolute atomic E-state index is 0.0825. The van der Waals surface area contributed by atoms with Gasteiger partial charge in [-0.25, -0.2) is 4.79 Å². The molecule has 2 aromatic rings. The van der Waals surface area contributed by atoms with E-state index in [2.05, 4.69) is 107 Å². The van der Waals surface area contributed by atoms with Crippen molar-refractivity contribution in [2.24, 2.45) is 11.8 Å². The van der Waals surface area contributed by atoms with Gasteiger partial charge in [-0.2, -0.15) is 0 Å². The molecule has 2 N–H and O–H groups in total. The van der Waals surface area contributed by atoms with Crippen LogP contribution in [-0.2, 0) is 38.3 Å². The molecule has 0 saturated heterocycles. The topological polar surface area (TPSA) is 93.1 Å². The Balaban J connectivity index is 0. The number of allylic oxidation sites excluding steroid dienone is 4. The minimum atomic E-state index is -0.293. The largest absolute Gasteiger partial charge is 0.469 e. The number of esters is 2. The lowest BCUT2D eigenvalue weighted by molar-refractivity contribution is -0.140. The van der Waals surface area contributed by atoms with Crippen molar-refractivity contribution in [3.63, 3.8) is 0 Å². The van der Waals surface area contributed by atoms with Gasteiger partial charge in [-0.1, -0.05) is 159 Å². The van der Waals surface area contributed by atoms with Gasteiger partial charge in [-0.3, -0.25) is 4.79 Å². The molecule has 2 aromatic carbocycles. The van der Waals surface area contributed by atoms with Gasteiger partial charge in [-0.05, 0) is 124 Å². The van der Waals surface area contributed by atoms with Crippen molar-refractivity contribution in [2.45, 2.75) is 177 Å². The molecule has 0 radical (unpaired) electrons. The Kier molecular flexibility index (Phi) is 43.0. The maximum absolute atomic E-state index is 11.1. The van der Waals surface area contributed by atoms with E-state index in [1.54, 1.807) is 13.0 Å². The zero-order valence-corrected chi connectivity index (χ0v) is 39.0. The van der Waals surface area contributed by atoms with Crippen LogP contribution in [0.5, 0.6) is 0 Å². The lowest BCUT2D eigenvalue weighted by Crippen LogP contribution is -1.98. The quantitative estimate of drug-likeness (QED) is 0.0384. The number of aryl methyl sites for hydroxylation is 1. The first kappa shape index (κ1) is 57.6. The highest BCUT2D eigenvalue weighted by Gasteiger charge is 2.00. The number of hydrogen-bond acceptors (Lipinski definition) is 6. The average Bonchev–Trinajstić information content (AvgIpc) is 3.22. The maximum Gasteiger partial charge on any atom is 0.330 e. The predicted octanol–water partition coefficient (Wildman–Crippen LogP) is 13.8. The first-order valence-electron chi connectivity index (χ1n) is 23.2. The highest BCUT2D eigenvalue weighted by atomic mass is 16.5. The molecular formula is C53H88O6. The number of benzene rings is 2. The van der Waals surface area contributed by atoms with Gasteiger partial charge in [0.1, 0.15) is 0 Å². The van der Waals surface area contributed by atoms with E-state index in [9.17, 15) is 9.59 Å². The number of carbonyl (C=O) groups excluding carboxylic acids is 2. The van der Waals surface area contributed by atoms with Crippen molar-refractivity contribution in [3.8, 4) is 0 Å². The number of aliphatic hydroxyl groups excluding tert-OH is 2. The zero-order chi connectivity index (χ0) is 44.2. The van der Waals surface area contributed by atoms with Crippen molar-refractivity contribution in [1.29, 1.82) is 0 Å². The van der Waals surface area contributed by atoms with Gasteiger partial charge >= 0.3 is 11.9 Å². The molecule has 0 saturated carbocycles. The summed E-state index contributed by atoms with van der Waals surface area (Å²) in [6.45, 7) is 16.1. The number of carbonyl (C=O) groups is 2. The molecule has 0 spiro atoms. The Labute approximate surface area is 363 Å². The Bertz CT molecular complexity index is 1290. The van der Waals surface area contributed by atoms with Gasteiger partial charge < -0.3 is 19.7 Å². The van der Waals surface area contributed by atoms with E-state index < -0.39 is 0 Å². The third-order valence-corrected chi connectivity index (χ3v) is 9.18. The number of ether oxygens (including phenoxy) is 2. The molecule has 6 nitrogen and oxygen atoms in total. The fourth-order valence-corrected chi connectivity index (χ4v) is 6.00. The van der Waals surface area contributed by atoms with Gasteiger partial charge in [0.15, 0.2) is 0 Å². The molecule has 6 heteroatoms. The second-order valence-electron chi connectivity index (χ2n) is 15.9. The summed E-state index contributed by atoms with van der Waals surface area (Å²) in [6, 6.07) is 17.0. The van der Waals surface area contributed by atoms with Crippen molar-refractivity contribution in [2.75, 3.05) is 26.9 Å². The first-order valence-corrected chi connectivity index (χ1v) is 23.2. The zero-order valence-electron chi connectivity index (χ0n) is 39.0. The van der Waals surface area contributed by atoms with Crippen LogP contribution in [0, 0.1) is 11.8 Å². The van der Waals surface area contributed by atoms with Crippen molar-refractivity contribution in [3.05, 3.63) is 101 Å². The lowest BCUT2D eigenvalue weighted by atomic mass is 10.0. The van der Waals surface area contributed by atoms with Crippen LogP contribution < -0.4 is 0 Å². The fourth-order valence-electron chi connectivity index (χ4n) is 6.00. The molecule has 0 bridgehead atoms. The molecular weight excluding hydrogens is 733 g/mol. The molecule has 0 aliphatic heterocycles. The summed E-state index contributed by atoms with van der Waals surface area (Å²) < 4.78 is 9.39. The first-order chi connectivity index (χ1) is 28.6. The van der Waals surface area contributed by atoms with Crippen LogP contribution in [0.25, 0.3) is 6.08 Å². The van der Waals surface area contributed by atoms with E-state index in [4.69, 9.17) is 14.9 Å². The monoisotopic (exact) mass is 821 g/mol. The van der Waals surface area contributed by atoms with Crippen LogP contribution in [0.15, 0.2) is 78.9 Å². The molecule has 0 fully saturated rings. The average molecular weight is 821 g/mol. The van der Waals surface area contributed by atoms with Gasteiger partial charge in [0.05, 0.1) is 13.7 Å². The fraction of sp³-hybridized carbons (Fsp3) is 0.623. The maximum atomic E-state index is 11.1. The van der Waals surface area contributed by atoms with E-state index >= 15 is 0 Å². The number of aliphatic hydroxyl groups is 2. The predicted molar refractivity (Wildman–Crippen MR) is 254 cm³/mol. The SMILES string of the molecule is CC(C)Cc1ccc(CCCO)cc1.CC/C=C/CCCCCCCC(=O)OC.CC/C=C/CCCCCCCCO.CCOC(=O)/C=C/c1ccc(CC(C)C)cc1.